The lowest BCUT2D eigenvalue weighted by Crippen LogP contribution is -2.25. The highest BCUT2D eigenvalue weighted by Gasteiger charge is 2.37. The van der Waals surface area contributed by atoms with Gasteiger partial charge in [-0.2, -0.15) is 0 Å². The summed E-state index contributed by atoms with van der Waals surface area (Å²) in [5, 5.41) is 0. The summed E-state index contributed by atoms with van der Waals surface area (Å²) in [6, 6.07) is 19.0. The summed E-state index contributed by atoms with van der Waals surface area (Å²) in [7, 11) is 0. The van der Waals surface area contributed by atoms with E-state index in [1.54, 1.807) is 0 Å². The largest absolute Gasteiger partial charge is 0.0792 e. The van der Waals surface area contributed by atoms with Crippen molar-refractivity contribution in [3.8, 4) is 0 Å². The summed E-state index contributed by atoms with van der Waals surface area (Å²) in [6.45, 7) is 0. The quantitative estimate of drug-likeness (QED) is 0.556. The van der Waals surface area contributed by atoms with Crippen LogP contribution in [-0.2, 0) is 4.32 Å². The predicted molar refractivity (Wildman–Crippen MR) is 92.2 cm³/mol. The molecule has 2 aromatic rings. The molecule has 2 aromatic carbocycles. The monoisotopic (exact) mass is 388 g/mol. The molecule has 0 spiro atoms. The molecule has 0 amide bonds. The topological polar surface area (TPSA) is 0 Å². The van der Waals surface area contributed by atoms with Crippen LogP contribution in [0, 0.1) is 0 Å². The third-order valence-electron chi connectivity index (χ3n) is 3.66. The minimum Gasteiger partial charge on any atom is -0.0749 e. The van der Waals surface area contributed by atoms with Crippen LogP contribution in [0.15, 0.2) is 83.4 Å². The molecule has 100 valence electrons. The van der Waals surface area contributed by atoms with E-state index in [4.69, 9.17) is 0 Å². The van der Waals surface area contributed by atoms with E-state index in [-0.39, 0.29) is 10.2 Å². The van der Waals surface area contributed by atoms with Crippen LogP contribution >= 0.6 is 31.9 Å². The summed E-state index contributed by atoms with van der Waals surface area (Å²) in [4.78, 5) is 0. The normalized spacial score (nSPS) is 24.8. The number of hydrogen-bond acceptors (Lipinski definition) is 0. The van der Waals surface area contributed by atoms with E-state index in [9.17, 15) is 0 Å². The van der Waals surface area contributed by atoms with Crippen LogP contribution in [0.3, 0.4) is 0 Å². The van der Waals surface area contributed by atoms with E-state index in [0.29, 0.717) is 0 Å². The van der Waals surface area contributed by atoms with Crippen LogP contribution in [0.5, 0.6) is 0 Å². The molecule has 0 nitrogen and oxygen atoms in total. The van der Waals surface area contributed by atoms with E-state index >= 15 is 0 Å². The molecule has 0 radical (unpaired) electrons. The van der Waals surface area contributed by atoms with Gasteiger partial charge in [0.05, 0.1) is 4.32 Å². The second-order valence-corrected chi connectivity index (χ2v) is 7.04. The molecule has 3 rings (SSSR count). The fourth-order valence-corrected chi connectivity index (χ4v) is 3.99. The second-order valence-electron chi connectivity index (χ2n) is 4.88. The summed E-state index contributed by atoms with van der Waals surface area (Å²) in [5.41, 5.74) is 2.55. The molecule has 2 atom stereocenters. The van der Waals surface area contributed by atoms with Gasteiger partial charge in [-0.25, -0.2) is 0 Å². The number of alkyl halides is 1. The van der Waals surface area contributed by atoms with Crippen molar-refractivity contribution in [2.24, 2.45) is 0 Å². The Hall–Kier alpha value is -1.12. The standard InChI is InChI=1S/C18H14Br2/c19-17-12-5-4-10-15(17)16-11-6-7-13-18(16,20)14-8-2-1-3-9-14/h1-13,16H. The number of hydrogen-bond donors (Lipinski definition) is 0. The third kappa shape index (κ3) is 2.43. The zero-order chi connectivity index (χ0) is 14.0. The van der Waals surface area contributed by atoms with Crippen molar-refractivity contribution in [1.82, 2.24) is 0 Å². The highest BCUT2D eigenvalue weighted by molar-refractivity contribution is 9.10. The van der Waals surface area contributed by atoms with Gasteiger partial charge in [0.15, 0.2) is 0 Å². The zero-order valence-electron chi connectivity index (χ0n) is 10.8. The molecule has 20 heavy (non-hydrogen) atoms. The van der Waals surface area contributed by atoms with Gasteiger partial charge in [0.2, 0.25) is 0 Å². The van der Waals surface area contributed by atoms with Crippen LogP contribution in [0.2, 0.25) is 0 Å². The Bertz CT molecular complexity index is 658. The van der Waals surface area contributed by atoms with Crippen molar-refractivity contribution < 1.29 is 0 Å². The first-order valence-corrected chi connectivity index (χ1v) is 8.15. The fourth-order valence-electron chi connectivity index (χ4n) is 2.64. The van der Waals surface area contributed by atoms with Gasteiger partial charge >= 0.3 is 0 Å². The summed E-state index contributed by atoms with van der Waals surface area (Å²) >= 11 is 7.66. The number of rotatable bonds is 2. The Labute approximate surface area is 136 Å². The Kier molecular flexibility index (Phi) is 3.95. The average molecular weight is 390 g/mol. The summed E-state index contributed by atoms with van der Waals surface area (Å²) in [6.07, 6.45) is 8.70. The smallest absolute Gasteiger partial charge is 0.0749 e. The van der Waals surface area contributed by atoms with Crippen molar-refractivity contribution in [2.75, 3.05) is 0 Å². The van der Waals surface area contributed by atoms with E-state index in [1.165, 1.54) is 11.1 Å². The maximum absolute atomic E-state index is 3.98. The fraction of sp³-hybridized carbons (Fsp3) is 0.111. The average Bonchev–Trinajstić information content (AvgIpc) is 2.50. The Morgan fingerprint density at radius 3 is 2.30 bits per heavy atom. The molecule has 2 unspecified atom stereocenters. The molecule has 0 fully saturated rings. The van der Waals surface area contributed by atoms with Gasteiger partial charge in [0, 0.05) is 10.4 Å². The molecule has 0 saturated heterocycles. The van der Waals surface area contributed by atoms with Crippen LogP contribution in [0.4, 0.5) is 0 Å². The van der Waals surface area contributed by atoms with Gasteiger partial charge in [-0.15, -0.1) is 0 Å². The molecular weight excluding hydrogens is 376 g/mol. The van der Waals surface area contributed by atoms with Gasteiger partial charge in [0.1, 0.15) is 0 Å². The van der Waals surface area contributed by atoms with Crippen LogP contribution < -0.4 is 0 Å². The van der Waals surface area contributed by atoms with Gasteiger partial charge in [-0.05, 0) is 17.2 Å². The predicted octanol–water partition coefficient (Wildman–Crippen LogP) is 5.95. The zero-order valence-corrected chi connectivity index (χ0v) is 14.0. The molecule has 1 aliphatic rings. The molecule has 1 aliphatic carbocycles. The minimum atomic E-state index is -0.202. The lowest BCUT2D eigenvalue weighted by molar-refractivity contribution is 0.682. The number of halogens is 2. The molecule has 0 aliphatic heterocycles. The molecule has 2 heteroatoms. The van der Waals surface area contributed by atoms with Gasteiger partial charge in [0.25, 0.3) is 0 Å². The molecule has 0 aromatic heterocycles. The van der Waals surface area contributed by atoms with Crippen molar-refractivity contribution >= 4 is 31.9 Å². The molecule has 0 saturated carbocycles. The van der Waals surface area contributed by atoms with Crippen molar-refractivity contribution in [2.45, 2.75) is 10.2 Å². The van der Waals surface area contributed by atoms with Gasteiger partial charge in [-0.3, -0.25) is 0 Å². The van der Waals surface area contributed by atoms with E-state index in [2.05, 4.69) is 105 Å². The Morgan fingerprint density at radius 2 is 1.55 bits per heavy atom. The third-order valence-corrected chi connectivity index (χ3v) is 5.60. The lowest BCUT2D eigenvalue weighted by Gasteiger charge is -2.34. The highest BCUT2D eigenvalue weighted by atomic mass is 79.9. The van der Waals surface area contributed by atoms with Crippen LogP contribution in [-0.4, -0.2) is 0 Å². The van der Waals surface area contributed by atoms with Crippen LogP contribution in [0.1, 0.15) is 17.0 Å². The van der Waals surface area contributed by atoms with E-state index in [1.807, 2.05) is 6.07 Å². The van der Waals surface area contributed by atoms with Gasteiger partial charge < -0.3 is 0 Å². The second kappa shape index (κ2) is 5.71. The molecular formula is C18H14Br2. The van der Waals surface area contributed by atoms with Crippen LogP contribution in [0.25, 0.3) is 0 Å². The summed E-state index contributed by atoms with van der Waals surface area (Å²) < 4.78 is 0.942. The van der Waals surface area contributed by atoms with E-state index in [0.717, 1.165) is 4.47 Å². The molecule has 0 heterocycles. The maximum atomic E-state index is 3.98. The van der Waals surface area contributed by atoms with E-state index < -0.39 is 0 Å². The van der Waals surface area contributed by atoms with Crippen molar-refractivity contribution in [3.63, 3.8) is 0 Å². The first kappa shape index (κ1) is 13.8. The van der Waals surface area contributed by atoms with Gasteiger partial charge in [-0.1, -0.05) is 105 Å². The first-order chi connectivity index (χ1) is 9.72. The Morgan fingerprint density at radius 1 is 0.850 bits per heavy atom. The molecule has 0 N–H and O–H groups in total. The maximum Gasteiger partial charge on any atom is 0.0792 e. The Balaban J connectivity index is 2.12. The first-order valence-electron chi connectivity index (χ1n) is 6.57. The minimum absolute atomic E-state index is 0.202. The number of benzene rings is 2. The summed E-state index contributed by atoms with van der Waals surface area (Å²) in [5.74, 6) is 0.255. The van der Waals surface area contributed by atoms with Crippen molar-refractivity contribution in [3.05, 3.63) is 94.5 Å². The SMILES string of the molecule is Brc1ccccc1C1C=CC=CC1(Br)c1ccccc1. The highest BCUT2D eigenvalue weighted by Crippen LogP contribution is 2.49. The molecule has 0 bridgehead atoms. The lowest BCUT2D eigenvalue weighted by atomic mass is 9.79. The van der Waals surface area contributed by atoms with Crippen molar-refractivity contribution in [1.29, 1.82) is 0 Å². The number of allylic oxidation sites excluding steroid dienone is 4.